The molecule has 1 atom stereocenters. The van der Waals surface area contributed by atoms with E-state index in [1.54, 1.807) is 13.2 Å². The number of phenolic OH excluding ortho intramolecular Hbond substituents is 1. The minimum atomic E-state index is 0.0144. The molecule has 2 aliphatic heterocycles. The Balaban J connectivity index is 1.43. The van der Waals surface area contributed by atoms with Gasteiger partial charge in [0.05, 0.1) is 12.3 Å². The smallest absolute Gasteiger partial charge is 0.317 e. The number of urea groups is 1. The van der Waals surface area contributed by atoms with Gasteiger partial charge in [0.2, 0.25) is 0 Å². The Morgan fingerprint density at radius 3 is 2.73 bits per heavy atom. The maximum Gasteiger partial charge on any atom is 0.317 e. The average Bonchev–Trinajstić information content (AvgIpc) is 3.12. The van der Waals surface area contributed by atoms with Gasteiger partial charge in [0.1, 0.15) is 5.75 Å². The number of amides is 2. The third-order valence-corrected chi connectivity index (χ3v) is 5.36. The van der Waals surface area contributed by atoms with Crippen molar-refractivity contribution in [2.45, 2.75) is 18.9 Å². The van der Waals surface area contributed by atoms with Crippen molar-refractivity contribution < 1.29 is 14.6 Å². The summed E-state index contributed by atoms with van der Waals surface area (Å²) in [5.41, 5.74) is 0.840. The first-order valence-electron chi connectivity index (χ1n) is 9.47. The molecule has 2 fully saturated rings. The summed E-state index contributed by atoms with van der Waals surface area (Å²) in [4.78, 5) is 18.9. The minimum Gasteiger partial charge on any atom is -0.506 e. The summed E-state index contributed by atoms with van der Waals surface area (Å²) in [6, 6.07) is 7.79. The molecule has 2 heterocycles. The van der Waals surface area contributed by atoms with Crippen molar-refractivity contribution in [2.24, 2.45) is 0 Å². The van der Waals surface area contributed by atoms with Gasteiger partial charge in [-0.3, -0.25) is 4.90 Å². The molecule has 0 bridgehead atoms. The van der Waals surface area contributed by atoms with E-state index in [-0.39, 0.29) is 6.03 Å². The summed E-state index contributed by atoms with van der Waals surface area (Å²) in [7, 11) is 1.72. The van der Waals surface area contributed by atoms with Crippen LogP contribution in [-0.4, -0.2) is 86.5 Å². The van der Waals surface area contributed by atoms with Crippen LogP contribution in [0.5, 0.6) is 5.75 Å². The highest BCUT2D eigenvalue weighted by Crippen LogP contribution is 2.27. The van der Waals surface area contributed by atoms with Gasteiger partial charge in [-0.15, -0.1) is 0 Å². The summed E-state index contributed by atoms with van der Waals surface area (Å²) in [6.45, 7) is 6.24. The van der Waals surface area contributed by atoms with E-state index in [0.717, 1.165) is 44.9 Å². The Morgan fingerprint density at radius 1 is 1.23 bits per heavy atom. The molecule has 1 aromatic rings. The SMILES string of the molecule is COCCN1CCCC1CNC(=O)N1CCN(c2ccccc2O)CC1. The fraction of sp³-hybridized carbons (Fsp3) is 0.632. The summed E-state index contributed by atoms with van der Waals surface area (Å²) < 4.78 is 5.17. The highest BCUT2D eigenvalue weighted by atomic mass is 16.5. The molecule has 144 valence electrons. The molecule has 1 unspecified atom stereocenters. The summed E-state index contributed by atoms with van der Waals surface area (Å²) in [5.74, 6) is 0.294. The van der Waals surface area contributed by atoms with E-state index in [1.165, 1.54) is 6.42 Å². The Kier molecular flexibility index (Phi) is 6.57. The third-order valence-electron chi connectivity index (χ3n) is 5.36. The van der Waals surface area contributed by atoms with E-state index in [1.807, 2.05) is 23.1 Å². The topological polar surface area (TPSA) is 68.3 Å². The molecule has 0 spiro atoms. The number of anilines is 1. The number of ether oxygens (including phenoxy) is 1. The zero-order valence-corrected chi connectivity index (χ0v) is 15.6. The first-order chi connectivity index (χ1) is 12.7. The van der Waals surface area contributed by atoms with Gasteiger partial charge in [-0.2, -0.15) is 0 Å². The van der Waals surface area contributed by atoms with Crippen LogP contribution in [0.15, 0.2) is 24.3 Å². The maximum absolute atomic E-state index is 12.5. The van der Waals surface area contributed by atoms with Gasteiger partial charge in [0.15, 0.2) is 0 Å². The second kappa shape index (κ2) is 9.09. The molecule has 7 nitrogen and oxygen atoms in total. The van der Waals surface area contributed by atoms with Gasteiger partial charge in [0, 0.05) is 52.4 Å². The number of para-hydroxylation sites is 2. The first-order valence-corrected chi connectivity index (χ1v) is 9.47. The van der Waals surface area contributed by atoms with Crippen molar-refractivity contribution >= 4 is 11.7 Å². The minimum absolute atomic E-state index is 0.0144. The lowest BCUT2D eigenvalue weighted by Crippen LogP contribution is -2.53. The number of nitrogens with one attached hydrogen (secondary N) is 1. The molecule has 2 aliphatic rings. The van der Waals surface area contributed by atoms with Crippen molar-refractivity contribution in [3.05, 3.63) is 24.3 Å². The van der Waals surface area contributed by atoms with E-state index < -0.39 is 0 Å². The number of benzene rings is 1. The number of rotatable bonds is 6. The predicted octanol–water partition coefficient (Wildman–Crippen LogP) is 1.33. The van der Waals surface area contributed by atoms with Crippen LogP contribution in [0.3, 0.4) is 0 Å². The van der Waals surface area contributed by atoms with Crippen molar-refractivity contribution in [3.63, 3.8) is 0 Å². The molecular formula is C19H30N4O3. The van der Waals surface area contributed by atoms with Crippen molar-refractivity contribution in [1.29, 1.82) is 0 Å². The maximum atomic E-state index is 12.5. The predicted molar refractivity (Wildman–Crippen MR) is 102 cm³/mol. The Labute approximate surface area is 155 Å². The van der Waals surface area contributed by atoms with E-state index in [9.17, 15) is 9.90 Å². The van der Waals surface area contributed by atoms with Crippen LogP contribution in [0.2, 0.25) is 0 Å². The second-order valence-electron chi connectivity index (χ2n) is 6.97. The Bertz CT molecular complexity index is 590. The van der Waals surface area contributed by atoms with Crippen LogP contribution in [0.4, 0.5) is 10.5 Å². The number of carbonyl (C=O) groups excluding carboxylic acids is 1. The largest absolute Gasteiger partial charge is 0.506 e. The highest BCUT2D eigenvalue weighted by molar-refractivity contribution is 5.74. The quantitative estimate of drug-likeness (QED) is 0.799. The lowest BCUT2D eigenvalue weighted by Gasteiger charge is -2.36. The number of methoxy groups -OCH3 is 1. The molecule has 0 saturated carbocycles. The molecule has 2 amide bonds. The van der Waals surface area contributed by atoms with Crippen LogP contribution in [0.1, 0.15) is 12.8 Å². The van der Waals surface area contributed by atoms with Gasteiger partial charge >= 0.3 is 6.03 Å². The normalized spacial score (nSPS) is 21.2. The first kappa shape index (κ1) is 18.8. The van der Waals surface area contributed by atoms with Crippen molar-refractivity contribution in [2.75, 3.05) is 64.4 Å². The molecule has 2 saturated heterocycles. The molecule has 2 N–H and O–H groups in total. The summed E-state index contributed by atoms with van der Waals surface area (Å²) in [6.07, 6.45) is 2.31. The van der Waals surface area contributed by atoms with Crippen molar-refractivity contribution in [1.82, 2.24) is 15.1 Å². The van der Waals surface area contributed by atoms with Gasteiger partial charge < -0.3 is 25.0 Å². The molecule has 0 aliphatic carbocycles. The fourth-order valence-corrected chi connectivity index (χ4v) is 3.83. The number of phenols is 1. The van der Waals surface area contributed by atoms with Crippen LogP contribution >= 0.6 is 0 Å². The zero-order valence-electron chi connectivity index (χ0n) is 15.6. The van der Waals surface area contributed by atoms with Crippen LogP contribution < -0.4 is 10.2 Å². The molecule has 26 heavy (non-hydrogen) atoms. The van der Waals surface area contributed by atoms with E-state index in [2.05, 4.69) is 15.1 Å². The fourth-order valence-electron chi connectivity index (χ4n) is 3.83. The Morgan fingerprint density at radius 2 is 2.00 bits per heavy atom. The number of hydrogen-bond acceptors (Lipinski definition) is 5. The zero-order chi connectivity index (χ0) is 18.4. The van der Waals surface area contributed by atoms with Crippen LogP contribution in [0, 0.1) is 0 Å². The van der Waals surface area contributed by atoms with Gasteiger partial charge in [-0.1, -0.05) is 12.1 Å². The van der Waals surface area contributed by atoms with E-state index >= 15 is 0 Å². The number of nitrogens with zero attached hydrogens (tertiary/aromatic N) is 3. The summed E-state index contributed by atoms with van der Waals surface area (Å²) in [5, 5.41) is 13.1. The summed E-state index contributed by atoms with van der Waals surface area (Å²) >= 11 is 0. The molecule has 3 rings (SSSR count). The molecule has 0 aromatic heterocycles. The van der Waals surface area contributed by atoms with Crippen molar-refractivity contribution in [3.8, 4) is 5.75 Å². The molecule has 7 heteroatoms. The molecular weight excluding hydrogens is 332 g/mol. The number of hydrogen-bond donors (Lipinski definition) is 2. The average molecular weight is 362 g/mol. The standard InChI is InChI=1S/C19H30N4O3/c1-26-14-13-21-8-4-5-16(21)15-20-19(25)23-11-9-22(10-12-23)17-6-2-3-7-18(17)24/h2-3,6-7,16,24H,4-5,8-15H2,1H3,(H,20,25). The number of aromatic hydroxyl groups is 1. The monoisotopic (exact) mass is 362 g/mol. The van der Waals surface area contributed by atoms with Gasteiger partial charge in [-0.05, 0) is 31.5 Å². The Hall–Kier alpha value is -1.99. The lowest BCUT2D eigenvalue weighted by atomic mass is 10.2. The lowest BCUT2D eigenvalue weighted by molar-refractivity contribution is 0.139. The number of piperazine rings is 1. The molecule has 0 radical (unpaired) electrons. The van der Waals surface area contributed by atoms with E-state index in [4.69, 9.17) is 4.74 Å². The second-order valence-corrected chi connectivity index (χ2v) is 6.97. The highest BCUT2D eigenvalue weighted by Gasteiger charge is 2.26. The van der Waals surface area contributed by atoms with Crippen LogP contribution in [0.25, 0.3) is 0 Å². The van der Waals surface area contributed by atoms with Gasteiger partial charge in [-0.25, -0.2) is 4.79 Å². The third kappa shape index (κ3) is 4.59. The number of carbonyl (C=O) groups is 1. The van der Waals surface area contributed by atoms with E-state index in [0.29, 0.717) is 31.4 Å². The molecule has 1 aromatic carbocycles. The van der Waals surface area contributed by atoms with Gasteiger partial charge in [0.25, 0.3) is 0 Å². The number of likely N-dealkylation sites (tertiary alicyclic amines) is 1. The van der Waals surface area contributed by atoms with Crippen LogP contribution in [-0.2, 0) is 4.74 Å².